The van der Waals surface area contributed by atoms with Crippen LogP contribution in [-0.4, -0.2) is 66.2 Å². The summed E-state index contributed by atoms with van der Waals surface area (Å²) >= 11 is 1.45. The van der Waals surface area contributed by atoms with E-state index < -0.39 is 11.8 Å². The molecule has 0 aliphatic carbocycles. The number of aromatic nitrogens is 1. The third-order valence-electron chi connectivity index (χ3n) is 5.28. The van der Waals surface area contributed by atoms with E-state index >= 15 is 0 Å². The molecule has 1 aliphatic heterocycles. The van der Waals surface area contributed by atoms with Gasteiger partial charge in [-0.3, -0.25) is 24.2 Å². The molecule has 0 radical (unpaired) electrons. The highest BCUT2D eigenvalue weighted by Gasteiger charge is 2.37. The van der Waals surface area contributed by atoms with E-state index in [-0.39, 0.29) is 12.5 Å². The van der Waals surface area contributed by atoms with Gasteiger partial charge in [-0.1, -0.05) is 29.5 Å². The summed E-state index contributed by atoms with van der Waals surface area (Å²) in [6, 6.07) is 10.7. The number of carbonyl (C=O) groups excluding carboxylic acids is 3. The Balaban J connectivity index is 1.64. The highest BCUT2D eigenvalue weighted by molar-refractivity contribution is 7.22. The van der Waals surface area contributed by atoms with Gasteiger partial charge in [0.05, 0.1) is 21.3 Å². The van der Waals surface area contributed by atoms with Crippen molar-refractivity contribution in [2.45, 2.75) is 13.8 Å². The summed E-state index contributed by atoms with van der Waals surface area (Å²) in [4.78, 5) is 48.0. The van der Waals surface area contributed by atoms with Crippen LogP contribution in [0.4, 0.5) is 5.13 Å². The largest absolute Gasteiger partial charge is 0.308 e. The minimum Gasteiger partial charge on any atom is -0.308 e. The van der Waals surface area contributed by atoms with Gasteiger partial charge in [0, 0.05) is 13.1 Å². The maximum Gasteiger partial charge on any atom is 0.262 e. The zero-order chi connectivity index (χ0) is 22.3. The van der Waals surface area contributed by atoms with Crippen molar-refractivity contribution >= 4 is 44.4 Å². The van der Waals surface area contributed by atoms with Crippen LogP contribution in [-0.2, 0) is 4.79 Å². The molecule has 0 fully saturated rings. The first-order chi connectivity index (χ1) is 14.8. The van der Waals surface area contributed by atoms with Crippen molar-refractivity contribution in [1.29, 1.82) is 0 Å². The number of aryl methyl sites for hydroxylation is 2. The molecule has 1 aliphatic rings. The normalized spacial score (nSPS) is 13.4. The fourth-order valence-corrected chi connectivity index (χ4v) is 4.77. The van der Waals surface area contributed by atoms with Crippen LogP contribution in [0.3, 0.4) is 0 Å². The number of hydrogen-bond acceptors (Lipinski definition) is 6. The van der Waals surface area contributed by atoms with Crippen LogP contribution in [0.25, 0.3) is 10.2 Å². The van der Waals surface area contributed by atoms with Crippen molar-refractivity contribution in [3.05, 3.63) is 58.7 Å². The topological polar surface area (TPSA) is 73.8 Å². The van der Waals surface area contributed by atoms with Gasteiger partial charge in [0.1, 0.15) is 6.54 Å². The quantitative estimate of drug-likeness (QED) is 0.555. The van der Waals surface area contributed by atoms with E-state index in [9.17, 15) is 14.4 Å². The average molecular weight is 437 g/mol. The molecular weight excluding hydrogens is 412 g/mol. The second-order valence-electron chi connectivity index (χ2n) is 8.02. The molecule has 0 saturated heterocycles. The lowest BCUT2D eigenvalue weighted by Crippen LogP contribution is -2.45. The Bertz CT molecular complexity index is 1170. The van der Waals surface area contributed by atoms with Crippen LogP contribution in [0.5, 0.6) is 0 Å². The van der Waals surface area contributed by atoms with Gasteiger partial charge >= 0.3 is 0 Å². The fourth-order valence-electron chi connectivity index (χ4n) is 3.71. The van der Waals surface area contributed by atoms with E-state index in [1.165, 1.54) is 11.3 Å². The van der Waals surface area contributed by atoms with Crippen molar-refractivity contribution in [3.63, 3.8) is 0 Å². The summed E-state index contributed by atoms with van der Waals surface area (Å²) in [7, 11) is 3.86. The Morgan fingerprint density at radius 1 is 1.03 bits per heavy atom. The van der Waals surface area contributed by atoms with Crippen molar-refractivity contribution in [3.8, 4) is 0 Å². The second kappa shape index (κ2) is 8.20. The smallest absolute Gasteiger partial charge is 0.262 e. The zero-order valence-electron chi connectivity index (χ0n) is 18.0. The standard InChI is InChI=1S/C23H24N4O3S/c1-14-11-15(2)20-18(12-14)24-23(31-20)26(10-9-25(3)4)19(28)13-27-21(29)16-7-5-6-8-17(16)22(27)30/h5-8,11-12H,9-10,13H2,1-4H3. The minimum atomic E-state index is -0.433. The van der Waals surface area contributed by atoms with Gasteiger partial charge in [0.2, 0.25) is 5.91 Å². The number of benzene rings is 2. The molecule has 0 unspecified atom stereocenters. The Kier molecular flexibility index (Phi) is 5.60. The van der Waals surface area contributed by atoms with E-state index in [2.05, 4.69) is 6.07 Å². The Labute approximate surface area is 184 Å². The van der Waals surface area contributed by atoms with Gasteiger partial charge in [-0.25, -0.2) is 4.98 Å². The number of amides is 3. The lowest BCUT2D eigenvalue weighted by atomic mass is 10.1. The molecule has 0 atom stereocenters. The molecule has 4 rings (SSSR count). The average Bonchev–Trinajstić information content (AvgIpc) is 3.23. The van der Waals surface area contributed by atoms with E-state index in [1.54, 1.807) is 29.2 Å². The number of likely N-dealkylation sites (N-methyl/N-ethyl adjacent to an activating group) is 1. The number of thiazole rings is 1. The Morgan fingerprint density at radius 3 is 2.29 bits per heavy atom. The molecule has 0 spiro atoms. The first-order valence-electron chi connectivity index (χ1n) is 10.0. The summed E-state index contributed by atoms with van der Waals surface area (Å²) in [6.45, 7) is 4.77. The monoisotopic (exact) mass is 436 g/mol. The molecule has 0 bridgehead atoms. The summed E-state index contributed by atoms with van der Waals surface area (Å²) in [5, 5.41) is 0.576. The third kappa shape index (κ3) is 3.96. The third-order valence-corrected chi connectivity index (χ3v) is 6.51. The molecule has 2 aromatic carbocycles. The van der Waals surface area contributed by atoms with Gasteiger partial charge in [-0.2, -0.15) is 0 Å². The molecule has 8 heteroatoms. The number of hydrogen-bond donors (Lipinski definition) is 0. The highest BCUT2D eigenvalue weighted by atomic mass is 32.1. The van der Waals surface area contributed by atoms with Gasteiger partial charge in [0.25, 0.3) is 11.8 Å². The van der Waals surface area contributed by atoms with Gasteiger partial charge < -0.3 is 4.90 Å². The summed E-state index contributed by atoms with van der Waals surface area (Å²) in [6.07, 6.45) is 0. The van der Waals surface area contributed by atoms with Crippen LogP contribution in [0.1, 0.15) is 31.8 Å². The van der Waals surface area contributed by atoms with Crippen molar-refractivity contribution < 1.29 is 14.4 Å². The van der Waals surface area contributed by atoms with Crippen LogP contribution in [0, 0.1) is 13.8 Å². The van der Waals surface area contributed by atoms with Gasteiger partial charge in [-0.05, 0) is 57.3 Å². The van der Waals surface area contributed by atoms with Gasteiger partial charge in [-0.15, -0.1) is 0 Å². The predicted molar refractivity (Wildman–Crippen MR) is 122 cm³/mol. The minimum absolute atomic E-state index is 0.312. The zero-order valence-corrected chi connectivity index (χ0v) is 18.8. The van der Waals surface area contributed by atoms with Crippen LogP contribution in [0.15, 0.2) is 36.4 Å². The van der Waals surface area contributed by atoms with E-state index in [0.717, 1.165) is 26.2 Å². The van der Waals surface area contributed by atoms with Gasteiger partial charge in [0.15, 0.2) is 5.13 Å². The lowest BCUT2D eigenvalue weighted by Gasteiger charge is -2.24. The summed E-state index contributed by atoms with van der Waals surface area (Å²) in [5.74, 6) is -1.20. The van der Waals surface area contributed by atoms with Crippen molar-refractivity contribution in [2.75, 3.05) is 38.6 Å². The molecule has 31 heavy (non-hydrogen) atoms. The number of imide groups is 1. The number of carbonyl (C=O) groups is 3. The van der Waals surface area contributed by atoms with Crippen LogP contribution >= 0.6 is 11.3 Å². The van der Waals surface area contributed by atoms with E-state index in [1.807, 2.05) is 38.9 Å². The van der Waals surface area contributed by atoms with Crippen molar-refractivity contribution in [2.24, 2.45) is 0 Å². The predicted octanol–water partition coefficient (Wildman–Crippen LogP) is 3.10. The highest BCUT2D eigenvalue weighted by Crippen LogP contribution is 2.32. The molecule has 3 amide bonds. The molecule has 7 nitrogen and oxygen atoms in total. The van der Waals surface area contributed by atoms with E-state index in [4.69, 9.17) is 4.98 Å². The Morgan fingerprint density at radius 2 is 1.68 bits per heavy atom. The SMILES string of the molecule is Cc1cc(C)c2sc(N(CCN(C)C)C(=O)CN3C(=O)c4ccccc4C3=O)nc2c1. The lowest BCUT2D eigenvalue weighted by molar-refractivity contribution is -0.119. The number of nitrogens with zero attached hydrogens (tertiary/aromatic N) is 4. The Hall–Kier alpha value is -3.10. The summed E-state index contributed by atoms with van der Waals surface area (Å²) in [5.41, 5.74) is 3.75. The summed E-state index contributed by atoms with van der Waals surface area (Å²) < 4.78 is 1.03. The van der Waals surface area contributed by atoms with Crippen molar-refractivity contribution in [1.82, 2.24) is 14.8 Å². The van der Waals surface area contributed by atoms with Crippen LogP contribution < -0.4 is 4.90 Å². The molecule has 0 saturated carbocycles. The molecule has 1 aromatic heterocycles. The fraction of sp³-hybridized carbons (Fsp3) is 0.304. The molecule has 3 aromatic rings. The number of fused-ring (bicyclic) bond motifs is 2. The first kappa shape index (κ1) is 21.1. The van der Waals surface area contributed by atoms with E-state index in [0.29, 0.717) is 29.3 Å². The molecule has 160 valence electrons. The molecule has 0 N–H and O–H groups in total. The molecule has 2 heterocycles. The number of rotatable bonds is 6. The van der Waals surface area contributed by atoms with Crippen LogP contribution in [0.2, 0.25) is 0 Å². The maximum absolute atomic E-state index is 13.3. The second-order valence-corrected chi connectivity index (χ2v) is 8.99. The number of anilines is 1. The first-order valence-corrected chi connectivity index (χ1v) is 10.9. The maximum atomic E-state index is 13.3. The molecular formula is C23H24N4O3S.